The van der Waals surface area contributed by atoms with Gasteiger partial charge in [0.05, 0.1) is 22.1 Å². The highest BCUT2D eigenvalue weighted by Gasteiger charge is 2.22. The second-order valence-electron chi connectivity index (χ2n) is 9.90. The lowest BCUT2D eigenvalue weighted by Crippen LogP contribution is -2.44. The van der Waals surface area contributed by atoms with Crippen molar-refractivity contribution in [3.05, 3.63) is 53.1 Å². The number of ether oxygens (including phenoxy) is 1. The first-order valence-electron chi connectivity index (χ1n) is 12.8. The molecule has 3 heterocycles. The standard InChI is InChI=1S/C28H34ClFN6O/c1-5-37-18-24-32-27-26(19-6-8-21(9-7-19)35-13-11-34(4)12-14-35)31-23-17-20(29)16-22(30)25(23)28(27)36(24)15-10-33(2)3/h6-9,16-17H,5,10-15,18H2,1-4H3. The molecule has 2 aromatic carbocycles. The minimum atomic E-state index is -0.397. The van der Waals surface area contributed by atoms with E-state index in [-0.39, 0.29) is 0 Å². The number of benzene rings is 2. The molecule has 5 rings (SSSR count). The van der Waals surface area contributed by atoms with Crippen LogP contribution in [0.4, 0.5) is 10.1 Å². The van der Waals surface area contributed by atoms with Crippen LogP contribution >= 0.6 is 11.6 Å². The van der Waals surface area contributed by atoms with Gasteiger partial charge in [-0.25, -0.2) is 14.4 Å². The summed E-state index contributed by atoms with van der Waals surface area (Å²) in [5.41, 5.74) is 4.77. The average molecular weight is 525 g/mol. The van der Waals surface area contributed by atoms with Gasteiger partial charge in [0, 0.05) is 62.1 Å². The third kappa shape index (κ3) is 5.29. The topological polar surface area (TPSA) is 49.7 Å². The number of pyridine rings is 1. The number of halogens is 2. The summed E-state index contributed by atoms with van der Waals surface area (Å²) in [5, 5.41) is 0.758. The highest BCUT2D eigenvalue weighted by atomic mass is 35.5. The van der Waals surface area contributed by atoms with E-state index < -0.39 is 5.82 Å². The predicted molar refractivity (Wildman–Crippen MR) is 149 cm³/mol. The molecule has 4 aromatic rings. The Labute approximate surface area is 222 Å². The van der Waals surface area contributed by atoms with E-state index in [1.807, 2.05) is 21.0 Å². The summed E-state index contributed by atoms with van der Waals surface area (Å²) in [6.07, 6.45) is 0. The Morgan fingerprint density at radius 3 is 2.46 bits per heavy atom. The fourth-order valence-electron chi connectivity index (χ4n) is 4.91. The van der Waals surface area contributed by atoms with Gasteiger partial charge in [0.1, 0.15) is 23.8 Å². The van der Waals surface area contributed by atoms with Crippen molar-refractivity contribution in [1.29, 1.82) is 0 Å². The molecule has 0 bridgehead atoms. The molecule has 2 aromatic heterocycles. The molecule has 0 atom stereocenters. The van der Waals surface area contributed by atoms with Gasteiger partial charge >= 0.3 is 0 Å². The van der Waals surface area contributed by atoms with Gasteiger partial charge in [-0.05, 0) is 52.3 Å². The first kappa shape index (κ1) is 25.9. The van der Waals surface area contributed by atoms with Gasteiger partial charge in [0.25, 0.3) is 0 Å². The zero-order valence-electron chi connectivity index (χ0n) is 22.0. The molecule has 196 valence electrons. The molecule has 0 saturated carbocycles. The average Bonchev–Trinajstić information content (AvgIpc) is 3.24. The Hall–Kier alpha value is -2.78. The Bertz CT molecular complexity index is 1400. The van der Waals surface area contributed by atoms with Crippen molar-refractivity contribution in [2.75, 3.05) is 65.4 Å². The normalized spacial score (nSPS) is 14.9. The molecule has 37 heavy (non-hydrogen) atoms. The Kier molecular flexibility index (Phi) is 7.62. The second-order valence-corrected chi connectivity index (χ2v) is 10.3. The van der Waals surface area contributed by atoms with Gasteiger partial charge < -0.3 is 24.0 Å². The summed E-state index contributed by atoms with van der Waals surface area (Å²) in [7, 11) is 6.20. The molecular weight excluding hydrogens is 491 g/mol. The van der Waals surface area contributed by atoms with Crippen molar-refractivity contribution < 1.29 is 9.13 Å². The minimum Gasteiger partial charge on any atom is -0.374 e. The van der Waals surface area contributed by atoms with Crippen LogP contribution in [-0.4, -0.2) is 84.8 Å². The molecule has 0 aliphatic carbocycles. The van der Waals surface area contributed by atoms with Crippen molar-refractivity contribution in [2.45, 2.75) is 20.1 Å². The van der Waals surface area contributed by atoms with Crippen molar-refractivity contribution in [2.24, 2.45) is 0 Å². The predicted octanol–water partition coefficient (Wildman–Crippen LogP) is 4.89. The quantitative estimate of drug-likeness (QED) is 0.327. The first-order valence-corrected chi connectivity index (χ1v) is 13.2. The number of fused-ring (bicyclic) bond motifs is 3. The Morgan fingerprint density at radius 1 is 1.05 bits per heavy atom. The number of rotatable bonds is 8. The highest BCUT2D eigenvalue weighted by molar-refractivity contribution is 6.31. The van der Waals surface area contributed by atoms with Crippen LogP contribution in [0.15, 0.2) is 36.4 Å². The number of anilines is 1. The lowest BCUT2D eigenvalue weighted by molar-refractivity contribution is 0.125. The summed E-state index contributed by atoms with van der Waals surface area (Å²) in [5.74, 6) is 0.364. The zero-order chi connectivity index (χ0) is 26.1. The van der Waals surface area contributed by atoms with E-state index >= 15 is 4.39 Å². The van der Waals surface area contributed by atoms with E-state index in [2.05, 4.69) is 50.6 Å². The van der Waals surface area contributed by atoms with Crippen LogP contribution in [-0.2, 0) is 17.9 Å². The molecule has 0 N–H and O–H groups in total. The van der Waals surface area contributed by atoms with Crippen LogP contribution < -0.4 is 4.90 Å². The molecule has 1 saturated heterocycles. The van der Waals surface area contributed by atoms with Crippen molar-refractivity contribution in [3.63, 3.8) is 0 Å². The van der Waals surface area contributed by atoms with E-state index in [0.29, 0.717) is 41.2 Å². The maximum absolute atomic E-state index is 15.4. The largest absolute Gasteiger partial charge is 0.374 e. The molecular formula is C28H34ClFN6O. The summed E-state index contributed by atoms with van der Waals surface area (Å²) in [4.78, 5) is 16.7. The summed E-state index contributed by atoms with van der Waals surface area (Å²) < 4.78 is 23.3. The maximum Gasteiger partial charge on any atom is 0.136 e. The van der Waals surface area contributed by atoms with Gasteiger partial charge in [-0.2, -0.15) is 0 Å². The minimum absolute atomic E-state index is 0.321. The monoisotopic (exact) mass is 524 g/mol. The van der Waals surface area contributed by atoms with Gasteiger partial charge in [0.2, 0.25) is 0 Å². The van der Waals surface area contributed by atoms with Gasteiger partial charge in [-0.15, -0.1) is 0 Å². The molecule has 0 amide bonds. The summed E-state index contributed by atoms with van der Waals surface area (Å²) >= 11 is 6.27. The maximum atomic E-state index is 15.4. The lowest BCUT2D eigenvalue weighted by atomic mass is 10.1. The van der Waals surface area contributed by atoms with E-state index in [1.54, 1.807) is 6.07 Å². The zero-order valence-corrected chi connectivity index (χ0v) is 22.7. The van der Waals surface area contributed by atoms with E-state index in [4.69, 9.17) is 26.3 Å². The fourth-order valence-corrected chi connectivity index (χ4v) is 5.11. The number of imidazole rings is 1. The molecule has 0 radical (unpaired) electrons. The number of likely N-dealkylation sites (N-methyl/N-ethyl adjacent to an activating group) is 2. The molecule has 1 aliphatic rings. The number of piperazine rings is 1. The lowest BCUT2D eigenvalue weighted by Gasteiger charge is -2.34. The van der Waals surface area contributed by atoms with Gasteiger partial charge in [0.15, 0.2) is 0 Å². The van der Waals surface area contributed by atoms with Crippen molar-refractivity contribution in [1.82, 2.24) is 24.3 Å². The van der Waals surface area contributed by atoms with Crippen LogP contribution in [0.5, 0.6) is 0 Å². The molecule has 7 nitrogen and oxygen atoms in total. The Morgan fingerprint density at radius 2 is 1.78 bits per heavy atom. The molecule has 0 spiro atoms. The highest BCUT2D eigenvalue weighted by Crippen LogP contribution is 2.36. The van der Waals surface area contributed by atoms with E-state index in [0.717, 1.165) is 55.3 Å². The third-order valence-electron chi connectivity index (χ3n) is 6.99. The van der Waals surface area contributed by atoms with Crippen LogP contribution in [0, 0.1) is 5.82 Å². The fraction of sp³-hybridized carbons (Fsp3) is 0.429. The third-order valence-corrected chi connectivity index (χ3v) is 7.21. The first-order chi connectivity index (χ1) is 17.9. The molecule has 9 heteroatoms. The van der Waals surface area contributed by atoms with Crippen LogP contribution in [0.25, 0.3) is 33.2 Å². The molecule has 0 unspecified atom stereocenters. The summed E-state index contributed by atoms with van der Waals surface area (Å²) in [6, 6.07) is 11.5. The van der Waals surface area contributed by atoms with Crippen molar-refractivity contribution >= 4 is 39.2 Å². The van der Waals surface area contributed by atoms with Crippen LogP contribution in [0.3, 0.4) is 0 Å². The number of hydrogen-bond donors (Lipinski definition) is 0. The number of nitrogens with zero attached hydrogens (tertiary/aromatic N) is 6. The number of aromatic nitrogens is 3. The smallest absolute Gasteiger partial charge is 0.136 e. The summed E-state index contributed by atoms with van der Waals surface area (Å²) in [6.45, 7) is 8.40. The molecule has 1 fully saturated rings. The van der Waals surface area contributed by atoms with Gasteiger partial charge in [-0.3, -0.25) is 0 Å². The van der Waals surface area contributed by atoms with Gasteiger partial charge in [-0.1, -0.05) is 23.7 Å². The van der Waals surface area contributed by atoms with Crippen molar-refractivity contribution in [3.8, 4) is 11.3 Å². The van der Waals surface area contributed by atoms with Crippen LogP contribution in [0.2, 0.25) is 5.02 Å². The van der Waals surface area contributed by atoms with E-state index in [1.165, 1.54) is 11.8 Å². The Balaban J connectivity index is 1.68. The van der Waals surface area contributed by atoms with Crippen LogP contribution in [0.1, 0.15) is 12.7 Å². The SMILES string of the molecule is CCOCc1nc2c(-c3ccc(N4CCN(C)CC4)cc3)nc3cc(Cl)cc(F)c3c2n1CCN(C)C. The number of hydrogen-bond acceptors (Lipinski definition) is 6. The molecule has 1 aliphatic heterocycles. The second kappa shape index (κ2) is 10.9. The van der Waals surface area contributed by atoms with E-state index in [9.17, 15) is 0 Å².